The van der Waals surface area contributed by atoms with Gasteiger partial charge in [0.1, 0.15) is 0 Å². The second kappa shape index (κ2) is 18.5. The first-order valence-electron chi connectivity index (χ1n) is 0. The van der Waals surface area contributed by atoms with Crippen LogP contribution in [0.25, 0.3) is 0 Å². The Balaban J connectivity index is 0. The van der Waals surface area contributed by atoms with E-state index in [9.17, 15) is 0 Å². The molecule has 0 aromatic carbocycles. The van der Waals surface area contributed by atoms with Crippen LogP contribution in [0.15, 0.2) is 0 Å². The third-order valence-corrected chi connectivity index (χ3v) is 0. The van der Waals surface area contributed by atoms with Crippen LogP contribution < -0.4 is 0 Å². The minimum absolute atomic E-state index is 0. The van der Waals surface area contributed by atoms with E-state index in [1.165, 1.54) is 0 Å². The zero-order valence-corrected chi connectivity index (χ0v) is 7.36. The van der Waals surface area contributed by atoms with E-state index in [1.807, 2.05) is 0 Å². The molecule has 0 aliphatic heterocycles. The van der Waals surface area contributed by atoms with Gasteiger partial charge in [0.25, 0.3) is 0 Å². The molecule has 24 valence electrons. The van der Waals surface area contributed by atoms with Crippen LogP contribution in [0.3, 0.4) is 0 Å². The largest absolute Gasteiger partial charge is 0 e. The van der Waals surface area contributed by atoms with Crippen LogP contribution in [0.1, 0.15) is 0 Å². The molecule has 4 heteroatoms. The number of hydrogen-bond acceptors (Lipinski definition) is 0. The Bertz CT molecular complexity index is 8.00. The fourth-order valence-electron chi connectivity index (χ4n) is 0. The molecule has 0 aromatic rings. The molecule has 0 heterocycles. The van der Waals surface area contributed by atoms with Crippen LogP contribution in [0, 0.1) is 0 Å². The summed E-state index contributed by atoms with van der Waals surface area (Å²) in [6.07, 6.45) is 0. The maximum absolute atomic E-state index is 0. The molecule has 0 saturated carbocycles. The maximum atomic E-state index is 0. The summed E-state index contributed by atoms with van der Waals surface area (Å²) in [5.74, 6) is 0. The molecule has 0 atom stereocenters. The van der Waals surface area contributed by atoms with Gasteiger partial charge < -0.3 is 0 Å². The summed E-state index contributed by atoms with van der Waals surface area (Å²) in [4.78, 5) is 0. The molecule has 0 spiro atoms. The Hall–Kier alpha value is 2.30. The molecule has 0 bridgehead atoms. The van der Waals surface area contributed by atoms with E-state index in [2.05, 4.69) is 0 Å². The fraction of sp³-hybridized carbons (Fsp3) is 0. The van der Waals surface area contributed by atoms with Crippen molar-refractivity contribution in [1.82, 2.24) is 0 Å². The van der Waals surface area contributed by atoms with Crippen molar-refractivity contribution in [3.8, 4) is 0 Å². The quantitative estimate of drug-likeness (QED) is 0.498. The van der Waals surface area contributed by atoms with Crippen molar-refractivity contribution in [2.45, 2.75) is 0 Å². The first-order chi connectivity index (χ1) is 0. The van der Waals surface area contributed by atoms with Crippen molar-refractivity contribution < 1.29 is 56.2 Å². The fourth-order valence-corrected chi connectivity index (χ4v) is 0. The monoisotopic (exact) mass is 230 g/mol. The van der Waals surface area contributed by atoms with Crippen molar-refractivity contribution in [2.24, 2.45) is 0 Å². The van der Waals surface area contributed by atoms with Gasteiger partial charge in [0.2, 0.25) is 0 Å². The Labute approximate surface area is 72.8 Å². The SMILES string of the molecule is [Al].[Cr].[Nb].[Ni]. The predicted octanol–water partition coefficient (Wildman–Crippen LogP) is -0.388. The molecule has 0 fully saturated rings. The summed E-state index contributed by atoms with van der Waals surface area (Å²) < 4.78 is 0. The molecule has 0 aliphatic rings. The van der Waals surface area contributed by atoms with E-state index in [4.69, 9.17) is 0 Å². The summed E-state index contributed by atoms with van der Waals surface area (Å²) in [5, 5.41) is 0. The summed E-state index contributed by atoms with van der Waals surface area (Å²) in [6.45, 7) is 0. The third kappa shape index (κ3) is 8.85. The molecule has 0 saturated heterocycles. The molecule has 0 N–H and O–H groups in total. The van der Waals surface area contributed by atoms with Crippen LogP contribution in [0.5, 0.6) is 0 Å². The maximum Gasteiger partial charge on any atom is 0 e. The molecule has 4 radical (unpaired) electrons. The van der Waals surface area contributed by atoms with Crippen LogP contribution in [-0.2, 0) is 56.2 Å². The van der Waals surface area contributed by atoms with Crippen molar-refractivity contribution in [2.75, 3.05) is 0 Å². The summed E-state index contributed by atoms with van der Waals surface area (Å²) in [5.41, 5.74) is 0. The molecule has 0 unspecified atom stereocenters. The van der Waals surface area contributed by atoms with Crippen LogP contribution >= 0.6 is 0 Å². The molecule has 0 amide bonds. The summed E-state index contributed by atoms with van der Waals surface area (Å²) in [7, 11) is 0. The zero-order valence-electron chi connectivity index (χ0n) is 1.75. The van der Waals surface area contributed by atoms with Gasteiger partial charge in [-0.15, -0.1) is 0 Å². The van der Waals surface area contributed by atoms with Crippen LogP contribution in [-0.4, -0.2) is 17.4 Å². The van der Waals surface area contributed by atoms with Crippen molar-refractivity contribution in [1.29, 1.82) is 0 Å². The second-order valence-electron chi connectivity index (χ2n) is 0. The predicted molar refractivity (Wildman–Crippen MR) is 5.75 cm³/mol. The van der Waals surface area contributed by atoms with Gasteiger partial charge in [-0.1, -0.05) is 0 Å². The zero-order chi connectivity index (χ0) is 0. The molecule has 0 aromatic heterocycles. The topological polar surface area (TPSA) is 0 Å². The smallest absolute Gasteiger partial charge is 0 e. The minimum Gasteiger partial charge on any atom is 0 e. The minimum atomic E-state index is 0. The van der Waals surface area contributed by atoms with Gasteiger partial charge in [-0.25, -0.2) is 0 Å². The van der Waals surface area contributed by atoms with Crippen molar-refractivity contribution in [3.63, 3.8) is 0 Å². The van der Waals surface area contributed by atoms with Gasteiger partial charge in [0.05, 0.1) is 0 Å². The molecular formula is AlCrNbNi. The molecule has 0 aliphatic carbocycles. The molecular weight excluding hydrogens is 231 g/mol. The average molecular weight is 231 g/mol. The van der Waals surface area contributed by atoms with Crippen molar-refractivity contribution in [3.05, 3.63) is 0 Å². The van der Waals surface area contributed by atoms with E-state index in [1.54, 1.807) is 0 Å². The Kier molecular flexibility index (Phi) is 155. The molecule has 4 heavy (non-hydrogen) atoms. The van der Waals surface area contributed by atoms with E-state index in [-0.39, 0.29) is 73.6 Å². The van der Waals surface area contributed by atoms with E-state index in [0.29, 0.717) is 0 Å². The normalized spacial score (nSPS) is 0. The van der Waals surface area contributed by atoms with Crippen LogP contribution in [0.2, 0.25) is 0 Å². The number of rotatable bonds is 0. The summed E-state index contributed by atoms with van der Waals surface area (Å²) in [6, 6.07) is 0. The first kappa shape index (κ1) is 33.5. The Morgan fingerprint density at radius 2 is 1.00 bits per heavy atom. The van der Waals surface area contributed by atoms with E-state index >= 15 is 0 Å². The second-order valence-corrected chi connectivity index (χ2v) is 0. The number of hydrogen-bond donors (Lipinski definition) is 0. The van der Waals surface area contributed by atoms with Gasteiger partial charge in [0, 0.05) is 73.6 Å². The standard InChI is InChI=1S/Al.Cr.Nb.Ni. The van der Waals surface area contributed by atoms with Gasteiger partial charge in [-0.3, -0.25) is 0 Å². The Morgan fingerprint density at radius 3 is 1.00 bits per heavy atom. The average Bonchev–Trinajstić information content (AvgIpc) is 0. The van der Waals surface area contributed by atoms with Crippen molar-refractivity contribution >= 4 is 17.4 Å². The Morgan fingerprint density at radius 1 is 1.00 bits per heavy atom. The van der Waals surface area contributed by atoms with Crippen LogP contribution in [0.4, 0.5) is 0 Å². The van der Waals surface area contributed by atoms with E-state index in [0.717, 1.165) is 0 Å². The summed E-state index contributed by atoms with van der Waals surface area (Å²) >= 11 is 0. The van der Waals surface area contributed by atoms with Gasteiger partial charge >= 0.3 is 0 Å². The molecule has 0 rings (SSSR count). The van der Waals surface area contributed by atoms with Gasteiger partial charge in [0.15, 0.2) is 0 Å². The van der Waals surface area contributed by atoms with E-state index < -0.39 is 0 Å². The molecule has 0 nitrogen and oxygen atoms in total. The van der Waals surface area contributed by atoms with Gasteiger partial charge in [-0.2, -0.15) is 0 Å². The third-order valence-electron chi connectivity index (χ3n) is 0. The van der Waals surface area contributed by atoms with Gasteiger partial charge in [-0.05, 0) is 0 Å². The first-order valence-corrected chi connectivity index (χ1v) is 0.